The van der Waals surface area contributed by atoms with Crippen molar-refractivity contribution >= 4 is 39.0 Å². The van der Waals surface area contributed by atoms with Crippen LogP contribution in [0, 0.1) is 25.2 Å². The van der Waals surface area contributed by atoms with Gasteiger partial charge < -0.3 is 15.4 Å². The number of anilines is 1. The van der Waals surface area contributed by atoms with E-state index in [0.29, 0.717) is 24.0 Å². The third kappa shape index (κ3) is 10.1. The minimum atomic E-state index is -3.32. The number of thiocarbonyl (C=S) groups is 1. The van der Waals surface area contributed by atoms with E-state index < -0.39 is 15.4 Å². The highest BCUT2D eigenvalue weighted by Crippen LogP contribution is 2.19. The molecule has 0 spiro atoms. The average molecular weight is 534 g/mol. The molecule has 0 aromatic heterocycles. The van der Waals surface area contributed by atoms with Gasteiger partial charge in [0.25, 0.3) is 0 Å². The largest absolute Gasteiger partial charge is 0.465 e. The number of hydrogen-bond donors (Lipinski definition) is 3. The Labute approximate surface area is 221 Å². The first-order chi connectivity index (χ1) is 16.6. The maximum absolute atomic E-state index is 12.3. The van der Waals surface area contributed by atoms with Crippen LogP contribution in [-0.2, 0) is 26.0 Å². The highest BCUT2D eigenvalue weighted by Gasteiger charge is 2.24. The van der Waals surface area contributed by atoms with Gasteiger partial charge in [0.2, 0.25) is 10.0 Å². The third-order valence-electron chi connectivity index (χ3n) is 5.77. The zero-order valence-corrected chi connectivity index (χ0v) is 23.9. The lowest BCUT2D eigenvalue weighted by Crippen LogP contribution is -2.41. The van der Waals surface area contributed by atoms with E-state index >= 15 is 0 Å². The van der Waals surface area contributed by atoms with Crippen molar-refractivity contribution in [1.82, 2.24) is 10.6 Å². The highest BCUT2D eigenvalue weighted by molar-refractivity contribution is 7.92. The predicted molar refractivity (Wildman–Crippen MR) is 151 cm³/mol. The number of sulfonamides is 1. The van der Waals surface area contributed by atoms with Crippen molar-refractivity contribution in [3.8, 4) is 0 Å². The summed E-state index contributed by atoms with van der Waals surface area (Å²) >= 11 is 5.52. The molecule has 0 fully saturated rings. The number of aryl methyl sites for hydroxylation is 2. The first kappa shape index (κ1) is 29.6. The Hall–Kier alpha value is -2.65. The van der Waals surface area contributed by atoms with Crippen LogP contribution in [-0.4, -0.2) is 38.9 Å². The van der Waals surface area contributed by atoms with Crippen molar-refractivity contribution in [2.75, 3.05) is 24.1 Å². The maximum atomic E-state index is 12.3. The van der Waals surface area contributed by atoms with E-state index in [1.54, 1.807) is 12.1 Å². The molecule has 0 amide bonds. The number of hydrogen-bond acceptors (Lipinski definition) is 5. The van der Waals surface area contributed by atoms with Crippen LogP contribution in [0.25, 0.3) is 0 Å². The second kappa shape index (κ2) is 12.5. The summed E-state index contributed by atoms with van der Waals surface area (Å²) in [7, 11) is -3.32. The predicted octanol–water partition coefficient (Wildman–Crippen LogP) is 4.65. The Morgan fingerprint density at radius 3 is 2.25 bits per heavy atom. The van der Waals surface area contributed by atoms with Gasteiger partial charge in [-0.05, 0) is 94.6 Å². The summed E-state index contributed by atoms with van der Waals surface area (Å²) in [4.78, 5) is 12.3. The van der Waals surface area contributed by atoms with Crippen LogP contribution in [0.3, 0.4) is 0 Å². The normalized spacial score (nSPS) is 13.4. The summed E-state index contributed by atoms with van der Waals surface area (Å²) in [6.07, 6.45) is 1.87. The average Bonchev–Trinajstić information content (AvgIpc) is 2.76. The van der Waals surface area contributed by atoms with Crippen LogP contribution >= 0.6 is 12.2 Å². The van der Waals surface area contributed by atoms with Gasteiger partial charge in [0.1, 0.15) is 0 Å². The van der Waals surface area contributed by atoms with Crippen molar-refractivity contribution < 1.29 is 17.9 Å². The molecule has 198 valence electrons. The number of nitrogens with one attached hydrogen (secondary N) is 3. The summed E-state index contributed by atoms with van der Waals surface area (Å²) in [5.41, 5.74) is 4.57. The van der Waals surface area contributed by atoms with Crippen LogP contribution in [0.5, 0.6) is 0 Å². The van der Waals surface area contributed by atoms with Crippen LogP contribution in [0.4, 0.5) is 5.69 Å². The number of carbonyl (C=O) groups is 1. The van der Waals surface area contributed by atoms with Gasteiger partial charge in [0.15, 0.2) is 5.11 Å². The monoisotopic (exact) mass is 533 g/mol. The summed E-state index contributed by atoms with van der Waals surface area (Å²) in [6.45, 7) is 12.5. The second-order valence-electron chi connectivity index (χ2n) is 10.4. The quantitative estimate of drug-likeness (QED) is 0.302. The molecule has 0 aliphatic heterocycles. The smallest absolute Gasteiger partial charge is 0.311 e. The fourth-order valence-corrected chi connectivity index (χ4v) is 4.31. The van der Waals surface area contributed by atoms with Crippen LogP contribution in [0.15, 0.2) is 42.5 Å². The molecule has 7 nitrogen and oxygen atoms in total. The molecule has 3 N–H and O–H groups in total. The molecule has 0 saturated carbocycles. The molecule has 2 aromatic rings. The van der Waals surface area contributed by atoms with Crippen molar-refractivity contribution in [1.29, 1.82) is 0 Å². The lowest BCUT2D eigenvalue weighted by Gasteiger charge is -2.23. The van der Waals surface area contributed by atoms with E-state index in [4.69, 9.17) is 17.0 Å². The van der Waals surface area contributed by atoms with E-state index in [2.05, 4.69) is 47.4 Å². The lowest BCUT2D eigenvalue weighted by atomic mass is 9.96. The summed E-state index contributed by atoms with van der Waals surface area (Å²) in [5.74, 6) is -0.189. The van der Waals surface area contributed by atoms with Crippen LogP contribution in [0.1, 0.15) is 56.0 Å². The molecular weight excluding hydrogens is 494 g/mol. The standard InChI is InChI=1S/C27H39N3O4S2/c1-18-8-9-21(14-19(18)2)15-22(17-34-25(31)27(4,5)6)16-28-26(35)29-20(3)23-10-12-24(13-11-23)30-36(7,32)33/h8-14,20,22,30H,15-17H2,1-7H3,(H2,28,29,35)/t20-,22?/m1/s1. The van der Waals surface area contributed by atoms with Gasteiger partial charge in [-0.2, -0.15) is 0 Å². The third-order valence-corrected chi connectivity index (χ3v) is 6.64. The molecule has 2 rings (SSSR count). The number of carbonyl (C=O) groups excluding carboxylic acids is 1. The molecule has 1 unspecified atom stereocenters. The minimum absolute atomic E-state index is 0.0369. The molecule has 2 aromatic carbocycles. The SMILES string of the molecule is Cc1ccc(CC(CNC(=S)N[C@H](C)c2ccc(NS(C)(=O)=O)cc2)COC(=O)C(C)(C)C)cc1C. The highest BCUT2D eigenvalue weighted by atomic mass is 32.2. The van der Waals surface area contributed by atoms with Crippen LogP contribution in [0.2, 0.25) is 0 Å². The topological polar surface area (TPSA) is 96.5 Å². The molecule has 0 heterocycles. The first-order valence-corrected chi connectivity index (χ1v) is 14.3. The molecule has 0 radical (unpaired) electrons. The Kier molecular flexibility index (Phi) is 10.3. The van der Waals surface area contributed by atoms with Crippen molar-refractivity contribution in [3.05, 3.63) is 64.7 Å². The number of benzene rings is 2. The van der Waals surface area contributed by atoms with Gasteiger partial charge in [-0.15, -0.1) is 0 Å². The fraction of sp³-hybridized carbons (Fsp3) is 0.481. The molecule has 2 atom stereocenters. The van der Waals surface area contributed by atoms with Gasteiger partial charge in [-0.1, -0.05) is 30.3 Å². The molecular formula is C27H39N3O4S2. The lowest BCUT2D eigenvalue weighted by molar-refractivity contribution is -0.154. The van der Waals surface area contributed by atoms with E-state index in [0.717, 1.165) is 18.2 Å². The Bertz CT molecular complexity index is 1160. The molecule has 0 saturated heterocycles. The van der Waals surface area contributed by atoms with Crippen molar-refractivity contribution in [3.63, 3.8) is 0 Å². The van der Waals surface area contributed by atoms with Gasteiger partial charge in [-0.3, -0.25) is 9.52 Å². The Morgan fingerprint density at radius 2 is 1.69 bits per heavy atom. The van der Waals surface area contributed by atoms with Gasteiger partial charge in [0.05, 0.1) is 24.3 Å². The van der Waals surface area contributed by atoms with E-state index in [1.165, 1.54) is 16.7 Å². The minimum Gasteiger partial charge on any atom is -0.465 e. The maximum Gasteiger partial charge on any atom is 0.311 e. The molecule has 0 bridgehead atoms. The Balaban J connectivity index is 1.99. The first-order valence-electron chi connectivity index (χ1n) is 12.0. The van der Waals surface area contributed by atoms with Crippen molar-refractivity contribution in [2.24, 2.45) is 11.3 Å². The van der Waals surface area contributed by atoms with Gasteiger partial charge in [0, 0.05) is 18.2 Å². The molecule has 36 heavy (non-hydrogen) atoms. The summed E-state index contributed by atoms with van der Waals surface area (Å²) in [6, 6.07) is 13.4. The number of ether oxygens (including phenoxy) is 1. The van der Waals surface area contributed by atoms with Crippen molar-refractivity contribution in [2.45, 2.75) is 54.0 Å². The summed E-state index contributed by atoms with van der Waals surface area (Å²) < 4.78 is 30.9. The zero-order valence-electron chi connectivity index (χ0n) is 22.3. The summed E-state index contributed by atoms with van der Waals surface area (Å²) in [5, 5.41) is 7.03. The molecule has 9 heteroatoms. The fourth-order valence-electron chi connectivity index (χ4n) is 3.49. The van der Waals surface area contributed by atoms with Gasteiger partial charge in [-0.25, -0.2) is 8.42 Å². The van der Waals surface area contributed by atoms with E-state index in [9.17, 15) is 13.2 Å². The second-order valence-corrected chi connectivity index (χ2v) is 12.6. The number of rotatable bonds is 10. The Morgan fingerprint density at radius 1 is 1.06 bits per heavy atom. The van der Waals surface area contributed by atoms with E-state index in [1.807, 2.05) is 39.8 Å². The van der Waals surface area contributed by atoms with Gasteiger partial charge >= 0.3 is 5.97 Å². The van der Waals surface area contributed by atoms with E-state index in [-0.39, 0.29) is 17.9 Å². The zero-order chi connectivity index (χ0) is 27.1. The number of esters is 1. The molecule has 0 aliphatic carbocycles. The molecule has 0 aliphatic rings. The van der Waals surface area contributed by atoms with Crippen LogP contribution < -0.4 is 15.4 Å².